The van der Waals surface area contributed by atoms with Crippen molar-refractivity contribution in [2.75, 3.05) is 16.8 Å². The van der Waals surface area contributed by atoms with Gasteiger partial charge in [-0.25, -0.2) is 4.79 Å². The maximum absolute atomic E-state index is 12.8. The number of amides is 2. The maximum atomic E-state index is 12.8. The van der Waals surface area contributed by atoms with Gasteiger partial charge in [0.1, 0.15) is 6.61 Å². The summed E-state index contributed by atoms with van der Waals surface area (Å²) in [6.07, 6.45) is 1.31. The smallest absolute Gasteiger partial charge is 0.414 e. The summed E-state index contributed by atoms with van der Waals surface area (Å²) in [7, 11) is 0. The highest BCUT2D eigenvalue weighted by Crippen LogP contribution is 2.29. The second-order valence-corrected chi connectivity index (χ2v) is 7.28. The predicted octanol–water partition coefficient (Wildman–Crippen LogP) is 4.31. The molecule has 1 aliphatic heterocycles. The number of carbonyl (C=O) groups excluding carboxylic acids is 2. The minimum atomic E-state index is -0.352. The number of aromatic amines is 1. The lowest BCUT2D eigenvalue weighted by molar-refractivity contribution is 0.102. The SMILES string of the molecule is CC(C)[C@H]1COC(=O)N1c1ccc(C(=O)Nc2ccccc2-c2ccn[nH]2)cc1. The Morgan fingerprint density at radius 1 is 1.17 bits per heavy atom. The first-order chi connectivity index (χ1) is 14.0. The molecule has 29 heavy (non-hydrogen) atoms. The normalized spacial score (nSPS) is 16.2. The van der Waals surface area contributed by atoms with E-state index in [4.69, 9.17) is 4.74 Å². The Kier molecular flexibility index (Phi) is 5.03. The van der Waals surface area contributed by atoms with E-state index < -0.39 is 0 Å². The Labute approximate surface area is 168 Å². The largest absolute Gasteiger partial charge is 0.447 e. The summed E-state index contributed by atoms with van der Waals surface area (Å²) in [4.78, 5) is 26.5. The third kappa shape index (κ3) is 3.71. The molecule has 0 spiro atoms. The van der Waals surface area contributed by atoms with Gasteiger partial charge in [-0.15, -0.1) is 0 Å². The van der Waals surface area contributed by atoms with Crippen LogP contribution in [0.1, 0.15) is 24.2 Å². The lowest BCUT2D eigenvalue weighted by atomic mass is 10.0. The summed E-state index contributed by atoms with van der Waals surface area (Å²) in [5, 5.41) is 9.83. The molecule has 1 atom stereocenters. The van der Waals surface area contributed by atoms with Crippen molar-refractivity contribution in [2.24, 2.45) is 5.92 Å². The average Bonchev–Trinajstić information content (AvgIpc) is 3.38. The number of nitrogens with one attached hydrogen (secondary N) is 2. The van der Waals surface area contributed by atoms with E-state index in [-0.39, 0.29) is 24.0 Å². The fraction of sp³-hybridized carbons (Fsp3) is 0.227. The topological polar surface area (TPSA) is 87.3 Å². The van der Waals surface area contributed by atoms with Crippen LogP contribution < -0.4 is 10.2 Å². The lowest BCUT2D eigenvalue weighted by Gasteiger charge is -2.24. The molecule has 0 saturated carbocycles. The summed E-state index contributed by atoms with van der Waals surface area (Å²) < 4.78 is 5.20. The molecule has 1 aliphatic rings. The van der Waals surface area contributed by atoms with Crippen molar-refractivity contribution in [2.45, 2.75) is 19.9 Å². The zero-order valence-electron chi connectivity index (χ0n) is 16.3. The first kappa shape index (κ1) is 18.7. The number of hydrogen-bond donors (Lipinski definition) is 2. The predicted molar refractivity (Wildman–Crippen MR) is 111 cm³/mol. The van der Waals surface area contributed by atoms with Crippen molar-refractivity contribution in [3.05, 3.63) is 66.4 Å². The van der Waals surface area contributed by atoms with Gasteiger partial charge in [0.15, 0.2) is 0 Å². The first-order valence-electron chi connectivity index (χ1n) is 9.51. The van der Waals surface area contributed by atoms with Crippen molar-refractivity contribution in [3.63, 3.8) is 0 Å². The molecule has 148 valence electrons. The second kappa shape index (κ2) is 7.79. The summed E-state index contributed by atoms with van der Waals surface area (Å²) in [6, 6.07) is 16.3. The second-order valence-electron chi connectivity index (χ2n) is 7.28. The molecule has 7 nitrogen and oxygen atoms in total. The van der Waals surface area contributed by atoms with Gasteiger partial charge >= 0.3 is 6.09 Å². The summed E-state index contributed by atoms with van der Waals surface area (Å²) in [5.41, 5.74) is 3.59. The molecule has 7 heteroatoms. The van der Waals surface area contributed by atoms with Crippen LogP contribution in [0.15, 0.2) is 60.8 Å². The zero-order valence-corrected chi connectivity index (χ0v) is 16.3. The van der Waals surface area contributed by atoms with Gasteiger partial charge in [-0.3, -0.25) is 14.8 Å². The van der Waals surface area contributed by atoms with Crippen molar-refractivity contribution < 1.29 is 14.3 Å². The molecule has 2 heterocycles. The van der Waals surface area contributed by atoms with Gasteiger partial charge in [0.25, 0.3) is 5.91 Å². The lowest BCUT2D eigenvalue weighted by Crippen LogP contribution is -2.37. The quantitative estimate of drug-likeness (QED) is 0.680. The van der Waals surface area contributed by atoms with Crippen LogP contribution in [0.4, 0.5) is 16.2 Å². The highest BCUT2D eigenvalue weighted by Gasteiger charge is 2.36. The highest BCUT2D eigenvalue weighted by atomic mass is 16.6. The molecule has 1 saturated heterocycles. The van der Waals surface area contributed by atoms with Crippen LogP contribution in [0.3, 0.4) is 0 Å². The number of cyclic esters (lactones) is 1. The number of hydrogen-bond acceptors (Lipinski definition) is 4. The van der Waals surface area contributed by atoms with E-state index in [1.54, 1.807) is 35.4 Å². The number of rotatable bonds is 5. The van der Waals surface area contributed by atoms with Gasteiger partial charge < -0.3 is 10.1 Å². The zero-order chi connectivity index (χ0) is 20.4. The molecule has 0 radical (unpaired) electrons. The van der Waals surface area contributed by atoms with E-state index in [1.807, 2.05) is 30.3 Å². The number of H-pyrrole nitrogens is 1. The van der Waals surface area contributed by atoms with Gasteiger partial charge in [0.05, 0.1) is 17.4 Å². The summed E-state index contributed by atoms with van der Waals surface area (Å²) >= 11 is 0. The Morgan fingerprint density at radius 3 is 2.62 bits per heavy atom. The Morgan fingerprint density at radius 2 is 1.93 bits per heavy atom. The van der Waals surface area contributed by atoms with Gasteiger partial charge in [-0.2, -0.15) is 5.10 Å². The van der Waals surface area contributed by atoms with Crippen LogP contribution in [-0.4, -0.2) is 34.8 Å². The Balaban J connectivity index is 1.53. The van der Waals surface area contributed by atoms with E-state index in [0.717, 1.165) is 16.9 Å². The standard InChI is InChI=1S/C22H22N4O3/c1-14(2)20-13-29-22(28)26(20)16-9-7-15(8-10-16)21(27)24-18-6-4-3-5-17(18)19-11-12-23-25-19/h3-12,14,20H,13H2,1-2H3,(H,23,25)(H,24,27)/t20-/m1/s1. The fourth-order valence-corrected chi connectivity index (χ4v) is 3.42. The van der Waals surface area contributed by atoms with Crippen molar-refractivity contribution in [1.82, 2.24) is 10.2 Å². The van der Waals surface area contributed by atoms with Crippen molar-refractivity contribution in [3.8, 4) is 11.3 Å². The molecule has 1 fully saturated rings. The minimum Gasteiger partial charge on any atom is -0.447 e. The monoisotopic (exact) mass is 390 g/mol. The molecule has 0 aliphatic carbocycles. The number of ether oxygens (including phenoxy) is 1. The van der Waals surface area contributed by atoms with Crippen LogP contribution in [0.25, 0.3) is 11.3 Å². The number of carbonyl (C=O) groups is 2. The molecule has 1 aromatic heterocycles. The Hall–Kier alpha value is -3.61. The molecule has 4 rings (SSSR count). The molecular formula is C22H22N4O3. The number of nitrogens with zero attached hydrogens (tertiary/aromatic N) is 2. The minimum absolute atomic E-state index is 0.0107. The average molecular weight is 390 g/mol. The van der Waals surface area contributed by atoms with Crippen LogP contribution in [0.5, 0.6) is 0 Å². The number of benzene rings is 2. The number of anilines is 2. The van der Waals surface area contributed by atoms with Crippen LogP contribution in [-0.2, 0) is 4.74 Å². The molecule has 3 aromatic rings. The van der Waals surface area contributed by atoms with Crippen LogP contribution >= 0.6 is 0 Å². The van der Waals surface area contributed by atoms with Gasteiger partial charge in [0, 0.05) is 23.0 Å². The molecule has 0 bridgehead atoms. The molecule has 2 N–H and O–H groups in total. The highest BCUT2D eigenvalue weighted by molar-refractivity contribution is 6.06. The molecule has 2 amide bonds. The van der Waals surface area contributed by atoms with Gasteiger partial charge in [-0.05, 0) is 42.3 Å². The van der Waals surface area contributed by atoms with Gasteiger partial charge in [0.2, 0.25) is 0 Å². The van der Waals surface area contributed by atoms with Crippen LogP contribution in [0.2, 0.25) is 0 Å². The maximum Gasteiger partial charge on any atom is 0.414 e. The molecular weight excluding hydrogens is 368 g/mol. The van der Waals surface area contributed by atoms with E-state index in [9.17, 15) is 9.59 Å². The number of para-hydroxylation sites is 1. The third-order valence-electron chi connectivity index (χ3n) is 5.05. The summed E-state index contributed by atoms with van der Waals surface area (Å²) in [5.74, 6) is 0.0383. The number of aromatic nitrogens is 2. The van der Waals surface area contributed by atoms with Crippen molar-refractivity contribution >= 4 is 23.4 Å². The molecule has 0 unspecified atom stereocenters. The van der Waals surface area contributed by atoms with E-state index in [1.165, 1.54) is 0 Å². The summed E-state index contributed by atoms with van der Waals surface area (Å²) in [6.45, 7) is 4.49. The van der Waals surface area contributed by atoms with E-state index >= 15 is 0 Å². The fourth-order valence-electron chi connectivity index (χ4n) is 3.42. The Bertz CT molecular complexity index is 1010. The van der Waals surface area contributed by atoms with E-state index in [0.29, 0.717) is 17.9 Å². The van der Waals surface area contributed by atoms with Gasteiger partial charge in [-0.1, -0.05) is 32.0 Å². The van der Waals surface area contributed by atoms with Crippen molar-refractivity contribution in [1.29, 1.82) is 0 Å². The third-order valence-corrected chi connectivity index (χ3v) is 5.05. The molecule has 2 aromatic carbocycles. The first-order valence-corrected chi connectivity index (χ1v) is 9.51. The van der Waals surface area contributed by atoms with Crippen LogP contribution in [0, 0.1) is 5.92 Å². The van der Waals surface area contributed by atoms with E-state index in [2.05, 4.69) is 29.4 Å².